The summed E-state index contributed by atoms with van der Waals surface area (Å²) in [5.41, 5.74) is 5.94. The number of nitrogens with zero attached hydrogens (tertiary/aromatic N) is 4. The Labute approximate surface area is 207 Å². The predicted octanol–water partition coefficient (Wildman–Crippen LogP) is 5.79. The molecule has 7 nitrogen and oxygen atoms in total. The lowest BCUT2D eigenvalue weighted by Crippen LogP contribution is -2.28. The number of para-hydroxylation sites is 1. The van der Waals surface area contributed by atoms with Gasteiger partial charge in [-0.05, 0) is 81.6 Å². The largest absolute Gasteiger partial charge is 0.385 e. The van der Waals surface area contributed by atoms with Crippen LogP contribution in [0, 0.1) is 18.6 Å². The Morgan fingerprint density at radius 2 is 1.74 bits per heavy atom. The number of rotatable bonds is 14. The molecular formula is C26H36N6OS. The van der Waals surface area contributed by atoms with Crippen LogP contribution >= 0.6 is 12.2 Å². The highest BCUT2D eigenvalue weighted by Gasteiger charge is 2.12. The molecule has 3 rings (SSSR count). The minimum atomic E-state index is 0.291. The first-order chi connectivity index (χ1) is 16.5. The van der Waals surface area contributed by atoms with Crippen molar-refractivity contribution in [2.45, 2.75) is 59.3 Å². The average molecular weight is 481 g/mol. The summed E-state index contributed by atoms with van der Waals surface area (Å²) >= 11 is 5.20. The molecule has 0 radical (unpaired) electrons. The molecule has 3 aromatic rings. The molecule has 0 saturated carbocycles. The average Bonchev–Trinajstić information content (AvgIpc) is 3.24. The number of tetrazole rings is 1. The summed E-state index contributed by atoms with van der Waals surface area (Å²) in [5.74, 6) is 0.291. The third kappa shape index (κ3) is 7.52. The van der Waals surface area contributed by atoms with Gasteiger partial charge in [0.25, 0.3) is 0 Å². The van der Waals surface area contributed by atoms with Crippen molar-refractivity contribution >= 4 is 29.4 Å². The number of H-pyrrole nitrogens is 1. The van der Waals surface area contributed by atoms with Crippen LogP contribution in [0.4, 0.5) is 11.4 Å². The zero-order valence-electron chi connectivity index (χ0n) is 20.5. The molecular weight excluding hydrogens is 444 g/mol. The summed E-state index contributed by atoms with van der Waals surface area (Å²) in [4.78, 5) is 13.7. The molecule has 182 valence electrons. The van der Waals surface area contributed by atoms with E-state index in [9.17, 15) is 4.79 Å². The number of anilines is 2. The summed E-state index contributed by atoms with van der Waals surface area (Å²) in [6.45, 7) is 8.96. The Morgan fingerprint density at radius 1 is 1.03 bits per heavy atom. The molecule has 0 atom stereocenters. The predicted molar refractivity (Wildman–Crippen MR) is 142 cm³/mol. The number of ketones is 1. The minimum Gasteiger partial charge on any atom is -0.385 e. The van der Waals surface area contributed by atoms with Crippen molar-refractivity contribution in [3.63, 3.8) is 0 Å². The fourth-order valence-corrected chi connectivity index (χ4v) is 4.48. The van der Waals surface area contributed by atoms with Crippen molar-refractivity contribution in [3.8, 4) is 5.69 Å². The van der Waals surface area contributed by atoms with Gasteiger partial charge >= 0.3 is 0 Å². The van der Waals surface area contributed by atoms with Gasteiger partial charge in [-0.2, -0.15) is 5.21 Å². The van der Waals surface area contributed by atoms with E-state index in [4.69, 9.17) is 12.2 Å². The number of unbranched alkanes of at least 4 members (excludes halogenated alkanes) is 3. The van der Waals surface area contributed by atoms with Gasteiger partial charge in [-0.25, -0.2) is 4.68 Å². The molecule has 1 heterocycles. The van der Waals surface area contributed by atoms with E-state index >= 15 is 0 Å². The van der Waals surface area contributed by atoms with Gasteiger partial charge in [0.2, 0.25) is 4.77 Å². The standard InChI is InChI=1S/C26H36N6OS/c1-20-11-8-12-21(2)25(20)31(17-7-5-4-6-13-22(3)33)18-10-16-27-23-14-9-15-24(19-23)32-26(34)28-29-30-32/h8-9,11-12,14-15,19,27H,4-7,10,13,16-18H2,1-3H3,(H,28,30,34). The quantitative estimate of drug-likeness (QED) is 0.225. The fourth-order valence-electron chi connectivity index (χ4n) is 4.29. The first-order valence-corrected chi connectivity index (χ1v) is 12.5. The zero-order chi connectivity index (χ0) is 24.3. The number of carbonyl (C=O) groups is 1. The summed E-state index contributed by atoms with van der Waals surface area (Å²) in [6, 6.07) is 14.6. The summed E-state index contributed by atoms with van der Waals surface area (Å²) in [7, 11) is 0. The first kappa shape index (κ1) is 25.6. The topological polar surface area (TPSA) is 78.8 Å². The summed E-state index contributed by atoms with van der Waals surface area (Å²) in [5, 5.41) is 13.9. The molecule has 0 amide bonds. The lowest BCUT2D eigenvalue weighted by Gasteiger charge is -2.28. The van der Waals surface area contributed by atoms with E-state index in [1.54, 1.807) is 11.6 Å². The summed E-state index contributed by atoms with van der Waals surface area (Å²) in [6.07, 6.45) is 6.14. The van der Waals surface area contributed by atoms with Crippen LogP contribution in [0.25, 0.3) is 5.69 Å². The van der Waals surface area contributed by atoms with Gasteiger partial charge in [-0.15, -0.1) is 0 Å². The number of nitrogens with one attached hydrogen (secondary N) is 2. The molecule has 1 aromatic heterocycles. The van der Waals surface area contributed by atoms with E-state index in [2.05, 4.69) is 63.9 Å². The highest BCUT2D eigenvalue weighted by Crippen LogP contribution is 2.25. The Morgan fingerprint density at radius 3 is 2.44 bits per heavy atom. The van der Waals surface area contributed by atoms with Crippen LogP contribution in [-0.2, 0) is 4.79 Å². The van der Waals surface area contributed by atoms with Crippen molar-refractivity contribution in [1.29, 1.82) is 0 Å². The molecule has 0 saturated heterocycles. The number of hydrogen-bond donors (Lipinski definition) is 2. The Bertz CT molecular complexity index is 1100. The molecule has 0 aliphatic heterocycles. The van der Waals surface area contributed by atoms with Crippen molar-refractivity contribution in [3.05, 3.63) is 58.4 Å². The molecule has 0 unspecified atom stereocenters. The molecule has 2 aromatic carbocycles. The van der Waals surface area contributed by atoms with E-state index in [0.717, 1.165) is 63.1 Å². The number of Topliss-reactive ketones (excluding diaryl/α,β-unsaturated/α-hetero) is 1. The molecule has 34 heavy (non-hydrogen) atoms. The summed E-state index contributed by atoms with van der Waals surface area (Å²) < 4.78 is 2.09. The third-order valence-electron chi connectivity index (χ3n) is 5.97. The maximum absolute atomic E-state index is 11.2. The number of aromatic amines is 1. The maximum atomic E-state index is 11.2. The molecule has 0 fully saturated rings. The monoisotopic (exact) mass is 480 g/mol. The van der Waals surface area contributed by atoms with Crippen LogP contribution in [0.5, 0.6) is 0 Å². The van der Waals surface area contributed by atoms with Crippen LogP contribution in [0.3, 0.4) is 0 Å². The third-order valence-corrected chi connectivity index (χ3v) is 6.24. The Kier molecular flexibility index (Phi) is 9.82. The van der Waals surface area contributed by atoms with Crippen molar-refractivity contribution < 1.29 is 4.79 Å². The van der Waals surface area contributed by atoms with E-state index in [1.165, 1.54) is 16.8 Å². The number of benzene rings is 2. The van der Waals surface area contributed by atoms with Gasteiger partial charge < -0.3 is 15.0 Å². The number of aromatic nitrogens is 4. The molecule has 2 N–H and O–H groups in total. The minimum absolute atomic E-state index is 0.291. The Hall–Kier alpha value is -3.00. The molecule has 8 heteroatoms. The second-order valence-corrected chi connectivity index (χ2v) is 9.21. The van der Waals surface area contributed by atoms with Gasteiger partial charge in [-0.3, -0.25) is 0 Å². The van der Waals surface area contributed by atoms with Gasteiger partial charge in [0.15, 0.2) is 0 Å². The van der Waals surface area contributed by atoms with Gasteiger partial charge in [0.1, 0.15) is 5.78 Å². The fraction of sp³-hybridized carbons (Fsp3) is 0.462. The molecule has 0 aliphatic carbocycles. The lowest BCUT2D eigenvalue weighted by molar-refractivity contribution is -0.117. The van der Waals surface area contributed by atoms with Crippen molar-refractivity contribution in [2.75, 3.05) is 29.9 Å². The first-order valence-electron chi connectivity index (χ1n) is 12.1. The Balaban J connectivity index is 1.55. The van der Waals surface area contributed by atoms with E-state index in [0.29, 0.717) is 17.0 Å². The van der Waals surface area contributed by atoms with Crippen LogP contribution in [0.2, 0.25) is 0 Å². The molecule has 0 spiro atoms. The van der Waals surface area contributed by atoms with Crippen LogP contribution in [0.15, 0.2) is 42.5 Å². The van der Waals surface area contributed by atoms with Gasteiger partial charge in [0, 0.05) is 37.4 Å². The molecule has 0 aliphatic rings. The SMILES string of the molecule is CC(=O)CCCCCCN(CCCNc1cccc(-n2[nH]nnc2=S)c1)c1c(C)cccc1C. The van der Waals surface area contributed by atoms with Crippen LogP contribution in [0.1, 0.15) is 56.6 Å². The van der Waals surface area contributed by atoms with Crippen molar-refractivity contribution in [2.24, 2.45) is 0 Å². The second kappa shape index (κ2) is 13.0. The normalized spacial score (nSPS) is 10.9. The maximum Gasteiger partial charge on any atom is 0.242 e. The van der Waals surface area contributed by atoms with E-state index in [-0.39, 0.29) is 0 Å². The number of carbonyl (C=O) groups excluding carboxylic acids is 1. The molecule has 0 bridgehead atoms. The van der Waals surface area contributed by atoms with Crippen LogP contribution < -0.4 is 10.2 Å². The highest BCUT2D eigenvalue weighted by molar-refractivity contribution is 7.71. The lowest BCUT2D eigenvalue weighted by atomic mass is 10.1. The highest BCUT2D eigenvalue weighted by atomic mass is 32.1. The second-order valence-electron chi connectivity index (χ2n) is 8.84. The van der Waals surface area contributed by atoms with Gasteiger partial charge in [-0.1, -0.05) is 47.4 Å². The van der Waals surface area contributed by atoms with Gasteiger partial charge in [0.05, 0.1) is 5.69 Å². The van der Waals surface area contributed by atoms with E-state index < -0.39 is 0 Å². The van der Waals surface area contributed by atoms with E-state index in [1.807, 2.05) is 18.2 Å². The van der Waals surface area contributed by atoms with Crippen LogP contribution in [-0.4, -0.2) is 45.6 Å². The number of hydrogen-bond acceptors (Lipinski definition) is 6. The smallest absolute Gasteiger partial charge is 0.242 e. The zero-order valence-corrected chi connectivity index (χ0v) is 21.3. The van der Waals surface area contributed by atoms with Crippen molar-refractivity contribution in [1.82, 2.24) is 20.2 Å². The number of aryl methyl sites for hydroxylation is 2.